The molecule has 78 valence electrons. The molecular weight excluding hydrogens is 204 g/mol. The molecule has 0 saturated heterocycles. The Hall–Kier alpha value is -1.19. The molecule has 1 aliphatic rings. The molecule has 15 heavy (non-hydrogen) atoms. The molecule has 0 amide bonds. The highest BCUT2D eigenvalue weighted by Crippen LogP contribution is 2.25. The molecule has 1 atom stereocenters. The van der Waals surface area contributed by atoms with Gasteiger partial charge in [-0.05, 0) is 19.0 Å². The Bertz CT molecular complexity index is 401. The average molecular weight is 218 g/mol. The summed E-state index contributed by atoms with van der Waals surface area (Å²) in [5, 5.41) is 5.25. The van der Waals surface area contributed by atoms with Crippen molar-refractivity contribution in [3.63, 3.8) is 0 Å². The van der Waals surface area contributed by atoms with Crippen molar-refractivity contribution in [1.29, 1.82) is 0 Å². The van der Waals surface area contributed by atoms with Gasteiger partial charge in [0.2, 0.25) is 0 Å². The zero-order valence-electron chi connectivity index (χ0n) is 8.73. The largest absolute Gasteiger partial charge is 0.313 e. The maximum atomic E-state index is 4.26. The molecule has 0 saturated carbocycles. The van der Waals surface area contributed by atoms with Crippen molar-refractivity contribution in [3.05, 3.63) is 47.0 Å². The van der Waals surface area contributed by atoms with Crippen molar-refractivity contribution >= 4 is 16.9 Å². The molecule has 0 aliphatic heterocycles. The minimum Gasteiger partial charge on any atom is -0.313 e. The van der Waals surface area contributed by atoms with E-state index in [1.807, 2.05) is 17.9 Å². The van der Waals surface area contributed by atoms with Crippen LogP contribution in [0.5, 0.6) is 0 Å². The van der Waals surface area contributed by atoms with Crippen LogP contribution in [0.15, 0.2) is 41.3 Å². The summed E-state index contributed by atoms with van der Waals surface area (Å²) in [6, 6.07) is 0.456. The first kappa shape index (κ1) is 10.3. The van der Waals surface area contributed by atoms with Gasteiger partial charge in [-0.2, -0.15) is 0 Å². The number of hydrogen-bond donors (Lipinski definition) is 1. The van der Waals surface area contributed by atoms with E-state index in [1.54, 1.807) is 11.3 Å². The molecule has 1 aliphatic carbocycles. The quantitative estimate of drug-likeness (QED) is 0.843. The fourth-order valence-corrected chi connectivity index (χ4v) is 2.13. The van der Waals surface area contributed by atoms with E-state index in [1.165, 1.54) is 5.57 Å². The molecule has 2 rings (SSSR count). The number of aromatic nitrogens is 1. The van der Waals surface area contributed by atoms with Gasteiger partial charge < -0.3 is 5.32 Å². The molecule has 0 aromatic carbocycles. The van der Waals surface area contributed by atoms with Crippen molar-refractivity contribution in [2.75, 3.05) is 7.05 Å². The number of thiazole rings is 1. The molecule has 1 heterocycles. The van der Waals surface area contributed by atoms with Crippen LogP contribution in [0.25, 0.3) is 5.57 Å². The lowest BCUT2D eigenvalue weighted by molar-refractivity contribution is 0.670. The van der Waals surface area contributed by atoms with Crippen molar-refractivity contribution in [2.24, 2.45) is 0 Å². The first-order chi connectivity index (χ1) is 7.31. The van der Waals surface area contributed by atoms with Gasteiger partial charge in [0.15, 0.2) is 0 Å². The predicted octanol–water partition coefficient (Wildman–Crippen LogP) is 2.63. The minimum atomic E-state index is 0.456. The molecule has 1 unspecified atom stereocenters. The van der Waals surface area contributed by atoms with Gasteiger partial charge >= 0.3 is 0 Å². The SMILES string of the molecule is C=C(C1=CCC(NC)C=C1)c1cscn1. The standard InChI is InChI=1S/C12H14N2S/c1-9(12-7-15-8-14-12)10-3-5-11(13-2)6-4-10/h3-5,7-8,11,13H,1,6H2,2H3. The van der Waals surface area contributed by atoms with E-state index in [0.717, 1.165) is 17.7 Å². The summed E-state index contributed by atoms with van der Waals surface area (Å²) in [5.74, 6) is 0. The lowest BCUT2D eigenvalue weighted by Crippen LogP contribution is -2.23. The summed E-state index contributed by atoms with van der Waals surface area (Å²) < 4.78 is 0. The minimum absolute atomic E-state index is 0.456. The fourth-order valence-electron chi connectivity index (χ4n) is 1.57. The summed E-state index contributed by atoms with van der Waals surface area (Å²) in [5.41, 5.74) is 5.03. The topological polar surface area (TPSA) is 24.9 Å². The molecule has 0 bridgehead atoms. The molecule has 0 fully saturated rings. The summed E-state index contributed by atoms with van der Waals surface area (Å²) in [7, 11) is 1.98. The van der Waals surface area contributed by atoms with E-state index >= 15 is 0 Å². The zero-order chi connectivity index (χ0) is 10.7. The average Bonchev–Trinajstić information content (AvgIpc) is 2.82. The van der Waals surface area contributed by atoms with Gasteiger partial charge in [-0.25, -0.2) is 4.98 Å². The highest BCUT2D eigenvalue weighted by atomic mass is 32.1. The van der Waals surface area contributed by atoms with Gasteiger partial charge in [-0.15, -0.1) is 11.3 Å². The maximum absolute atomic E-state index is 4.26. The Morgan fingerprint density at radius 2 is 2.53 bits per heavy atom. The number of nitrogens with zero attached hydrogens (tertiary/aromatic N) is 1. The van der Waals surface area contributed by atoms with Crippen LogP contribution in [0.4, 0.5) is 0 Å². The van der Waals surface area contributed by atoms with Crippen LogP contribution in [0.2, 0.25) is 0 Å². The van der Waals surface area contributed by atoms with Crippen molar-refractivity contribution in [3.8, 4) is 0 Å². The summed E-state index contributed by atoms with van der Waals surface area (Å²) >= 11 is 1.60. The third-order valence-corrected chi connectivity index (χ3v) is 3.15. The van der Waals surface area contributed by atoms with Crippen LogP contribution >= 0.6 is 11.3 Å². The summed E-state index contributed by atoms with van der Waals surface area (Å²) in [4.78, 5) is 4.26. The van der Waals surface area contributed by atoms with E-state index in [4.69, 9.17) is 0 Å². The van der Waals surface area contributed by atoms with Gasteiger partial charge in [-0.3, -0.25) is 0 Å². The number of nitrogens with one attached hydrogen (secondary N) is 1. The van der Waals surface area contributed by atoms with Crippen LogP contribution in [-0.4, -0.2) is 18.1 Å². The second kappa shape index (κ2) is 4.55. The van der Waals surface area contributed by atoms with Crippen LogP contribution in [0.3, 0.4) is 0 Å². The Labute approximate surface area is 94.1 Å². The normalized spacial score (nSPS) is 20.1. The number of likely N-dealkylation sites (N-methyl/N-ethyl adjacent to an activating group) is 1. The summed E-state index contributed by atoms with van der Waals surface area (Å²) in [6.45, 7) is 4.08. The van der Waals surface area contributed by atoms with Gasteiger partial charge in [0.05, 0.1) is 11.2 Å². The Morgan fingerprint density at radius 1 is 1.67 bits per heavy atom. The van der Waals surface area contributed by atoms with Crippen LogP contribution in [-0.2, 0) is 0 Å². The molecule has 3 heteroatoms. The van der Waals surface area contributed by atoms with Crippen LogP contribution < -0.4 is 5.32 Å². The fraction of sp³-hybridized carbons (Fsp3) is 0.250. The number of allylic oxidation sites excluding steroid dienone is 3. The lowest BCUT2D eigenvalue weighted by Gasteiger charge is -2.15. The lowest BCUT2D eigenvalue weighted by atomic mass is 9.97. The Kier molecular flexibility index (Phi) is 3.14. The Balaban J connectivity index is 2.11. The van der Waals surface area contributed by atoms with Crippen molar-refractivity contribution < 1.29 is 0 Å². The Morgan fingerprint density at radius 3 is 3.07 bits per heavy atom. The van der Waals surface area contributed by atoms with Crippen molar-refractivity contribution in [1.82, 2.24) is 10.3 Å². The smallest absolute Gasteiger partial charge is 0.0811 e. The molecule has 1 aromatic rings. The van der Waals surface area contributed by atoms with Gasteiger partial charge in [0.1, 0.15) is 0 Å². The first-order valence-corrected chi connectivity index (χ1v) is 5.89. The van der Waals surface area contributed by atoms with Crippen LogP contribution in [0.1, 0.15) is 12.1 Å². The van der Waals surface area contributed by atoms with Gasteiger partial charge in [0.25, 0.3) is 0 Å². The molecule has 0 spiro atoms. The van der Waals surface area contributed by atoms with Gasteiger partial charge in [-0.1, -0.05) is 24.8 Å². The maximum Gasteiger partial charge on any atom is 0.0811 e. The molecule has 1 N–H and O–H groups in total. The summed E-state index contributed by atoms with van der Waals surface area (Å²) in [6.07, 6.45) is 7.52. The third kappa shape index (κ3) is 2.25. The van der Waals surface area contributed by atoms with Gasteiger partial charge in [0, 0.05) is 17.0 Å². The second-order valence-corrected chi connectivity index (χ2v) is 4.22. The second-order valence-electron chi connectivity index (χ2n) is 3.50. The molecule has 2 nitrogen and oxygen atoms in total. The molecule has 0 radical (unpaired) electrons. The van der Waals surface area contributed by atoms with Crippen molar-refractivity contribution in [2.45, 2.75) is 12.5 Å². The van der Waals surface area contributed by atoms with E-state index in [-0.39, 0.29) is 0 Å². The number of hydrogen-bond acceptors (Lipinski definition) is 3. The third-order valence-electron chi connectivity index (χ3n) is 2.56. The zero-order valence-corrected chi connectivity index (χ0v) is 9.55. The van der Waals surface area contributed by atoms with E-state index < -0.39 is 0 Å². The van der Waals surface area contributed by atoms with E-state index in [2.05, 4.69) is 35.1 Å². The molecule has 1 aromatic heterocycles. The monoisotopic (exact) mass is 218 g/mol. The first-order valence-electron chi connectivity index (χ1n) is 4.94. The van der Waals surface area contributed by atoms with Crippen LogP contribution in [0, 0.1) is 0 Å². The van der Waals surface area contributed by atoms with E-state index in [0.29, 0.717) is 6.04 Å². The number of rotatable bonds is 3. The predicted molar refractivity (Wildman–Crippen MR) is 65.8 cm³/mol. The van der Waals surface area contributed by atoms with E-state index in [9.17, 15) is 0 Å². The molecular formula is C12H14N2S. The highest BCUT2D eigenvalue weighted by Gasteiger charge is 2.10. The highest BCUT2D eigenvalue weighted by molar-refractivity contribution is 7.07.